The highest BCUT2D eigenvalue weighted by Gasteiger charge is 2.49. The summed E-state index contributed by atoms with van der Waals surface area (Å²) in [7, 11) is 0. The van der Waals surface area contributed by atoms with Crippen LogP contribution in [0, 0.1) is 0 Å². The minimum Gasteiger partial charge on any atom is -0.325 e. The van der Waals surface area contributed by atoms with E-state index in [1.807, 2.05) is 0 Å². The molecule has 2 aromatic carbocycles. The summed E-state index contributed by atoms with van der Waals surface area (Å²) >= 11 is 5.88. The minimum absolute atomic E-state index is 0.135. The van der Waals surface area contributed by atoms with E-state index >= 15 is 0 Å². The number of halogens is 1. The Morgan fingerprint density at radius 1 is 1.14 bits per heavy atom. The van der Waals surface area contributed by atoms with Crippen LogP contribution in [0.3, 0.4) is 0 Å². The average Bonchev–Trinajstić information content (AvgIpc) is 2.86. The van der Waals surface area contributed by atoms with Gasteiger partial charge in [0.2, 0.25) is 5.91 Å². The van der Waals surface area contributed by atoms with E-state index in [-0.39, 0.29) is 5.78 Å². The molecule has 1 saturated heterocycles. The van der Waals surface area contributed by atoms with Crippen molar-refractivity contribution >= 4 is 40.9 Å². The predicted octanol–water partition coefficient (Wildman–Crippen LogP) is 2.95. The fourth-order valence-corrected chi connectivity index (χ4v) is 3.11. The summed E-state index contributed by atoms with van der Waals surface area (Å²) in [5, 5.41) is 5.73. The quantitative estimate of drug-likeness (QED) is 0.596. The lowest BCUT2D eigenvalue weighted by Crippen LogP contribution is -2.42. The third-order valence-corrected chi connectivity index (χ3v) is 4.80. The molecule has 28 heavy (non-hydrogen) atoms. The molecule has 1 fully saturated rings. The molecule has 1 atom stereocenters. The summed E-state index contributed by atoms with van der Waals surface area (Å²) in [6.45, 7) is 2.55. The number of hydrogen-bond donors (Lipinski definition) is 2. The first-order valence-electron chi connectivity index (χ1n) is 8.52. The lowest BCUT2D eigenvalue weighted by Gasteiger charge is -2.22. The molecule has 3 rings (SSSR count). The maximum Gasteiger partial charge on any atom is 0.325 e. The van der Waals surface area contributed by atoms with Gasteiger partial charge in [0, 0.05) is 16.3 Å². The van der Waals surface area contributed by atoms with Crippen LogP contribution in [0.1, 0.15) is 29.8 Å². The summed E-state index contributed by atoms with van der Waals surface area (Å²) in [6, 6.07) is 12.3. The van der Waals surface area contributed by atoms with Crippen LogP contribution >= 0.6 is 11.6 Å². The molecule has 0 radical (unpaired) electrons. The van der Waals surface area contributed by atoms with Crippen molar-refractivity contribution in [2.24, 2.45) is 0 Å². The SMILES string of the molecule is CC(=O)c1cccc(NC(=O)CN2C(=O)N[C@](C)(c3ccc(Cl)cc3)C2=O)c1. The zero-order valence-electron chi connectivity index (χ0n) is 15.3. The van der Waals surface area contributed by atoms with Crippen LogP contribution in [0.15, 0.2) is 48.5 Å². The second-order valence-corrected chi connectivity index (χ2v) is 7.07. The predicted molar refractivity (Wildman–Crippen MR) is 104 cm³/mol. The molecule has 0 spiro atoms. The van der Waals surface area contributed by atoms with Crippen LogP contribution in [0.2, 0.25) is 5.02 Å². The van der Waals surface area contributed by atoms with E-state index in [4.69, 9.17) is 11.6 Å². The zero-order chi connectivity index (χ0) is 20.5. The maximum absolute atomic E-state index is 12.8. The Labute approximate surface area is 166 Å². The first-order chi connectivity index (χ1) is 13.2. The Morgan fingerprint density at radius 3 is 2.46 bits per heavy atom. The van der Waals surface area contributed by atoms with E-state index in [2.05, 4.69) is 10.6 Å². The molecule has 4 amide bonds. The number of amides is 4. The van der Waals surface area contributed by atoms with E-state index in [1.54, 1.807) is 49.4 Å². The number of carbonyl (C=O) groups excluding carboxylic acids is 4. The number of rotatable bonds is 5. The topological polar surface area (TPSA) is 95.6 Å². The van der Waals surface area contributed by atoms with Gasteiger partial charge in [-0.15, -0.1) is 0 Å². The van der Waals surface area contributed by atoms with Gasteiger partial charge in [0.05, 0.1) is 0 Å². The molecule has 7 nitrogen and oxygen atoms in total. The number of carbonyl (C=O) groups is 4. The van der Waals surface area contributed by atoms with E-state index in [1.165, 1.54) is 13.0 Å². The van der Waals surface area contributed by atoms with Gasteiger partial charge in [-0.1, -0.05) is 35.9 Å². The Hall–Kier alpha value is -3.19. The molecule has 0 unspecified atom stereocenters. The monoisotopic (exact) mass is 399 g/mol. The third-order valence-electron chi connectivity index (χ3n) is 4.55. The summed E-state index contributed by atoms with van der Waals surface area (Å²) in [6.07, 6.45) is 0. The number of anilines is 1. The van der Waals surface area contributed by atoms with Gasteiger partial charge in [0.25, 0.3) is 5.91 Å². The number of Topliss-reactive ketones (excluding diaryl/α,β-unsaturated/α-hetero) is 1. The molecule has 0 aliphatic carbocycles. The van der Waals surface area contributed by atoms with Crippen LogP contribution in [0.4, 0.5) is 10.5 Å². The second-order valence-electron chi connectivity index (χ2n) is 6.64. The van der Waals surface area contributed by atoms with Crippen molar-refractivity contribution < 1.29 is 19.2 Å². The molecular formula is C20H18ClN3O4. The summed E-state index contributed by atoms with van der Waals surface area (Å²) < 4.78 is 0. The van der Waals surface area contributed by atoms with Crippen LogP contribution in [-0.4, -0.2) is 35.1 Å². The molecule has 8 heteroatoms. The Balaban J connectivity index is 1.73. The number of nitrogens with zero attached hydrogens (tertiary/aromatic N) is 1. The van der Waals surface area contributed by atoms with Gasteiger partial charge in [-0.3, -0.25) is 19.3 Å². The zero-order valence-corrected chi connectivity index (χ0v) is 16.0. The van der Waals surface area contributed by atoms with E-state index in [0.29, 0.717) is 21.8 Å². The van der Waals surface area contributed by atoms with Gasteiger partial charge in [0.15, 0.2) is 5.78 Å². The van der Waals surface area contributed by atoms with Crippen LogP contribution in [0.25, 0.3) is 0 Å². The van der Waals surface area contributed by atoms with E-state index < -0.39 is 29.9 Å². The lowest BCUT2D eigenvalue weighted by molar-refractivity contribution is -0.133. The van der Waals surface area contributed by atoms with Crippen LogP contribution in [-0.2, 0) is 15.1 Å². The summed E-state index contributed by atoms with van der Waals surface area (Å²) in [5.74, 6) is -1.22. The van der Waals surface area contributed by atoms with E-state index in [0.717, 1.165) is 4.90 Å². The van der Waals surface area contributed by atoms with Crippen LogP contribution in [0.5, 0.6) is 0 Å². The highest BCUT2D eigenvalue weighted by atomic mass is 35.5. The highest BCUT2D eigenvalue weighted by Crippen LogP contribution is 2.29. The van der Waals surface area contributed by atoms with Crippen molar-refractivity contribution in [2.75, 3.05) is 11.9 Å². The average molecular weight is 400 g/mol. The number of benzene rings is 2. The molecular weight excluding hydrogens is 382 g/mol. The summed E-state index contributed by atoms with van der Waals surface area (Å²) in [4.78, 5) is 49.8. The van der Waals surface area contributed by atoms with E-state index in [9.17, 15) is 19.2 Å². The molecule has 2 aromatic rings. The highest BCUT2D eigenvalue weighted by molar-refractivity contribution is 6.30. The minimum atomic E-state index is -1.28. The van der Waals surface area contributed by atoms with Gasteiger partial charge in [-0.05, 0) is 43.7 Å². The molecule has 1 aliphatic heterocycles. The van der Waals surface area contributed by atoms with Crippen molar-refractivity contribution in [2.45, 2.75) is 19.4 Å². The molecule has 0 aromatic heterocycles. The van der Waals surface area contributed by atoms with Crippen LogP contribution < -0.4 is 10.6 Å². The first-order valence-corrected chi connectivity index (χ1v) is 8.89. The molecule has 0 saturated carbocycles. The van der Waals surface area contributed by atoms with Gasteiger partial charge in [0.1, 0.15) is 12.1 Å². The molecule has 1 aliphatic rings. The molecule has 2 N–H and O–H groups in total. The molecule has 144 valence electrons. The standard InChI is InChI=1S/C20H18ClN3O4/c1-12(25)13-4-3-5-16(10-13)22-17(26)11-24-18(27)20(2,23-19(24)28)14-6-8-15(21)9-7-14/h3-10H,11H2,1-2H3,(H,22,26)(H,23,28)/t20-/m1/s1. The van der Waals surface area contributed by atoms with Gasteiger partial charge < -0.3 is 10.6 Å². The van der Waals surface area contributed by atoms with Crippen molar-refractivity contribution in [1.82, 2.24) is 10.2 Å². The second kappa shape index (κ2) is 7.44. The lowest BCUT2D eigenvalue weighted by atomic mass is 9.92. The number of ketones is 1. The normalized spacial score (nSPS) is 18.8. The number of hydrogen-bond acceptors (Lipinski definition) is 4. The first kappa shape index (κ1) is 19.6. The maximum atomic E-state index is 12.8. The molecule has 0 bridgehead atoms. The largest absolute Gasteiger partial charge is 0.325 e. The van der Waals surface area contributed by atoms with Crippen molar-refractivity contribution in [1.29, 1.82) is 0 Å². The van der Waals surface area contributed by atoms with Crippen molar-refractivity contribution in [3.8, 4) is 0 Å². The van der Waals surface area contributed by atoms with Crippen molar-refractivity contribution in [3.63, 3.8) is 0 Å². The Morgan fingerprint density at radius 2 is 1.82 bits per heavy atom. The Bertz CT molecular complexity index is 974. The van der Waals surface area contributed by atoms with Gasteiger partial charge in [-0.25, -0.2) is 4.79 Å². The van der Waals surface area contributed by atoms with Crippen molar-refractivity contribution in [3.05, 3.63) is 64.7 Å². The van der Waals surface area contributed by atoms with Gasteiger partial charge in [-0.2, -0.15) is 0 Å². The Kier molecular flexibility index (Phi) is 5.20. The fourth-order valence-electron chi connectivity index (χ4n) is 2.98. The number of imide groups is 1. The fraction of sp³-hybridized carbons (Fsp3) is 0.200. The smallest absolute Gasteiger partial charge is 0.325 e. The summed E-state index contributed by atoms with van der Waals surface area (Å²) in [5.41, 5.74) is 0.136. The number of urea groups is 1. The third kappa shape index (κ3) is 3.75. The number of nitrogens with one attached hydrogen (secondary N) is 2. The molecule has 1 heterocycles. The van der Waals surface area contributed by atoms with Gasteiger partial charge >= 0.3 is 6.03 Å².